The minimum atomic E-state index is -0.242. The summed E-state index contributed by atoms with van der Waals surface area (Å²) in [7, 11) is 1.92. The minimum Gasteiger partial charge on any atom is -0.507 e. The molecule has 32 heavy (non-hydrogen) atoms. The number of aromatic hydroxyl groups is 1. The lowest BCUT2D eigenvalue weighted by Crippen LogP contribution is -2.26. The van der Waals surface area contributed by atoms with Crippen molar-refractivity contribution in [1.29, 1.82) is 0 Å². The molecule has 1 unspecified atom stereocenters. The van der Waals surface area contributed by atoms with Crippen LogP contribution in [0.25, 0.3) is 0 Å². The highest BCUT2D eigenvalue weighted by atomic mass is 16.5. The van der Waals surface area contributed by atoms with Crippen LogP contribution in [0.5, 0.6) is 11.5 Å². The lowest BCUT2D eigenvalue weighted by atomic mass is 9.73. The molecule has 0 heterocycles. The molecule has 0 saturated heterocycles. The molecule has 1 aliphatic rings. The molecule has 0 saturated carbocycles. The van der Waals surface area contributed by atoms with Gasteiger partial charge in [-0.15, -0.1) is 0 Å². The molecule has 178 valence electrons. The first-order valence-corrected chi connectivity index (χ1v) is 12.4. The zero-order chi connectivity index (χ0) is 23.7. The Bertz CT molecular complexity index is 807. The number of benzene rings is 1. The van der Waals surface area contributed by atoms with Gasteiger partial charge in [0.05, 0.1) is 0 Å². The minimum absolute atomic E-state index is 0.0329. The van der Waals surface area contributed by atoms with Gasteiger partial charge in [0, 0.05) is 23.9 Å². The predicted octanol–water partition coefficient (Wildman–Crippen LogP) is 6.82. The van der Waals surface area contributed by atoms with Crippen LogP contribution in [0.3, 0.4) is 0 Å². The Labute approximate surface area is 195 Å². The van der Waals surface area contributed by atoms with Crippen molar-refractivity contribution >= 4 is 5.97 Å². The molecule has 1 aromatic carbocycles. The molecule has 0 aromatic heterocycles. The fourth-order valence-corrected chi connectivity index (χ4v) is 4.73. The first kappa shape index (κ1) is 26.2. The molecule has 0 bridgehead atoms. The molecule has 0 fully saturated rings. The van der Waals surface area contributed by atoms with E-state index in [2.05, 4.69) is 45.7 Å². The van der Waals surface area contributed by atoms with E-state index < -0.39 is 0 Å². The first-order valence-electron chi connectivity index (χ1n) is 12.4. The number of hydrogen-bond donors (Lipinski definition) is 2. The van der Waals surface area contributed by atoms with E-state index in [0.29, 0.717) is 18.2 Å². The summed E-state index contributed by atoms with van der Waals surface area (Å²) >= 11 is 0. The van der Waals surface area contributed by atoms with E-state index >= 15 is 0 Å². The Kier molecular flexibility index (Phi) is 10.5. The van der Waals surface area contributed by atoms with Crippen LogP contribution in [0.4, 0.5) is 0 Å². The summed E-state index contributed by atoms with van der Waals surface area (Å²) in [5.41, 5.74) is 4.15. The third-order valence-corrected chi connectivity index (χ3v) is 6.78. The van der Waals surface area contributed by atoms with Gasteiger partial charge in [0.2, 0.25) is 0 Å². The highest BCUT2D eigenvalue weighted by Gasteiger charge is 2.31. The van der Waals surface area contributed by atoms with Crippen LogP contribution < -0.4 is 10.1 Å². The number of ether oxygens (including phenoxy) is 1. The monoisotopic (exact) mass is 441 g/mol. The van der Waals surface area contributed by atoms with Gasteiger partial charge in [-0.2, -0.15) is 0 Å². The molecular weight excluding hydrogens is 398 g/mol. The van der Waals surface area contributed by atoms with Crippen molar-refractivity contribution in [3.63, 3.8) is 0 Å². The van der Waals surface area contributed by atoms with Crippen molar-refractivity contribution in [2.45, 2.75) is 97.4 Å². The van der Waals surface area contributed by atoms with Gasteiger partial charge >= 0.3 is 5.97 Å². The summed E-state index contributed by atoms with van der Waals surface area (Å²) in [4.78, 5) is 12.8. The molecule has 2 rings (SSSR count). The van der Waals surface area contributed by atoms with Crippen molar-refractivity contribution in [3.05, 3.63) is 47.1 Å². The second kappa shape index (κ2) is 12.8. The van der Waals surface area contributed by atoms with Crippen LogP contribution in [0.1, 0.15) is 96.1 Å². The fraction of sp³-hybridized carbons (Fsp3) is 0.607. The van der Waals surface area contributed by atoms with Gasteiger partial charge in [-0.25, -0.2) is 0 Å². The van der Waals surface area contributed by atoms with E-state index in [1.807, 2.05) is 19.2 Å². The maximum atomic E-state index is 12.8. The summed E-state index contributed by atoms with van der Waals surface area (Å²) in [6.45, 7) is 12.7. The van der Waals surface area contributed by atoms with E-state index in [1.165, 1.54) is 5.57 Å². The highest BCUT2D eigenvalue weighted by Crippen LogP contribution is 2.47. The number of allylic oxidation sites excluding steroid dienone is 3. The number of esters is 1. The van der Waals surface area contributed by atoms with Gasteiger partial charge in [-0.1, -0.05) is 50.5 Å². The number of aryl methyl sites for hydroxylation is 1. The van der Waals surface area contributed by atoms with E-state index in [9.17, 15) is 9.90 Å². The predicted molar refractivity (Wildman–Crippen MR) is 133 cm³/mol. The van der Waals surface area contributed by atoms with Crippen molar-refractivity contribution in [2.24, 2.45) is 5.92 Å². The highest BCUT2D eigenvalue weighted by molar-refractivity contribution is 5.73. The van der Waals surface area contributed by atoms with Crippen LogP contribution in [0.2, 0.25) is 0 Å². The van der Waals surface area contributed by atoms with E-state index in [4.69, 9.17) is 4.74 Å². The number of rotatable bonds is 12. The summed E-state index contributed by atoms with van der Waals surface area (Å²) < 4.78 is 5.94. The Hall–Kier alpha value is -2.07. The van der Waals surface area contributed by atoms with Crippen LogP contribution >= 0.6 is 0 Å². The Morgan fingerprint density at radius 2 is 2.06 bits per heavy atom. The molecule has 1 aromatic rings. The van der Waals surface area contributed by atoms with Gasteiger partial charge in [-0.3, -0.25) is 4.79 Å². The molecule has 0 radical (unpaired) electrons. The number of phenols is 1. The number of hydrogen-bond acceptors (Lipinski definition) is 4. The molecule has 1 aliphatic carbocycles. The second-order valence-corrected chi connectivity index (χ2v) is 9.42. The van der Waals surface area contributed by atoms with Crippen LogP contribution in [0, 0.1) is 5.92 Å². The number of carbonyl (C=O) groups excluding carboxylic acids is 1. The number of carbonyl (C=O) groups is 1. The average Bonchev–Trinajstić information content (AvgIpc) is 2.74. The van der Waals surface area contributed by atoms with Crippen LogP contribution in [-0.2, 0) is 11.2 Å². The first-order chi connectivity index (χ1) is 15.3. The normalized spacial score (nSPS) is 19.3. The number of nitrogens with one attached hydrogen (secondary N) is 1. The standard InChI is InChI=1S/C28H43NO3/c1-7-9-10-11-21-17-25(30)28(24-16-20(5)12-14-23(24)19(3)4)26(18-21)32-27(31)15-13-22(8-2)29-6/h16-18,22-24,29-30H,3,7-15H2,1-2,4-6H3/t22?,23-,24+/m0/s1. The van der Waals surface area contributed by atoms with Crippen molar-refractivity contribution < 1.29 is 14.6 Å². The Morgan fingerprint density at radius 3 is 2.69 bits per heavy atom. The van der Waals surface area contributed by atoms with E-state index in [-0.39, 0.29) is 23.6 Å². The largest absolute Gasteiger partial charge is 0.507 e. The third kappa shape index (κ3) is 7.23. The van der Waals surface area contributed by atoms with Crippen molar-refractivity contribution in [1.82, 2.24) is 5.32 Å². The number of phenolic OH excluding ortho intramolecular Hbond substituents is 1. The molecule has 0 spiro atoms. The Balaban J connectivity index is 2.39. The number of unbranched alkanes of at least 4 members (excludes halogenated alkanes) is 2. The van der Waals surface area contributed by atoms with Gasteiger partial charge in [0.1, 0.15) is 11.5 Å². The van der Waals surface area contributed by atoms with E-state index in [0.717, 1.165) is 68.1 Å². The van der Waals surface area contributed by atoms with Crippen LogP contribution in [-0.4, -0.2) is 24.2 Å². The second-order valence-electron chi connectivity index (χ2n) is 9.42. The summed E-state index contributed by atoms with van der Waals surface area (Å²) in [5, 5.41) is 14.4. The molecule has 4 heteroatoms. The molecule has 2 N–H and O–H groups in total. The molecule has 3 atom stereocenters. The maximum absolute atomic E-state index is 12.8. The summed E-state index contributed by atoms with van der Waals surface area (Å²) in [5.74, 6) is 0.691. The zero-order valence-electron chi connectivity index (χ0n) is 20.8. The lowest BCUT2D eigenvalue weighted by molar-refractivity contribution is -0.134. The SMILES string of the molecule is C=C(C)[C@@H]1CCC(C)=C[C@H]1c1c(O)cc(CCCCC)cc1OC(=O)CCC(CC)NC. The summed E-state index contributed by atoms with van der Waals surface area (Å²) in [6.07, 6.45) is 10.5. The third-order valence-electron chi connectivity index (χ3n) is 6.78. The molecule has 0 aliphatic heterocycles. The van der Waals surface area contributed by atoms with Crippen LogP contribution in [0.15, 0.2) is 35.9 Å². The molecule has 4 nitrogen and oxygen atoms in total. The quantitative estimate of drug-likeness (QED) is 0.162. The fourth-order valence-electron chi connectivity index (χ4n) is 4.73. The van der Waals surface area contributed by atoms with Gasteiger partial charge in [0.15, 0.2) is 0 Å². The van der Waals surface area contributed by atoms with Gasteiger partial charge in [0.25, 0.3) is 0 Å². The van der Waals surface area contributed by atoms with Gasteiger partial charge in [-0.05, 0) is 83.0 Å². The van der Waals surface area contributed by atoms with E-state index in [1.54, 1.807) is 0 Å². The average molecular weight is 442 g/mol. The topological polar surface area (TPSA) is 58.6 Å². The van der Waals surface area contributed by atoms with Crippen molar-refractivity contribution in [3.8, 4) is 11.5 Å². The lowest BCUT2D eigenvalue weighted by Gasteiger charge is -2.32. The van der Waals surface area contributed by atoms with Gasteiger partial charge < -0.3 is 15.2 Å². The zero-order valence-corrected chi connectivity index (χ0v) is 20.8. The summed E-state index contributed by atoms with van der Waals surface area (Å²) in [6, 6.07) is 4.14. The molecular formula is C28H43NO3. The Morgan fingerprint density at radius 1 is 1.31 bits per heavy atom. The van der Waals surface area contributed by atoms with Crippen molar-refractivity contribution in [2.75, 3.05) is 7.05 Å². The smallest absolute Gasteiger partial charge is 0.311 e. The maximum Gasteiger partial charge on any atom is 0.311 e. The molecule has 0 amide bonds.